The fourth-order valence-electron chi connectivity index (χ4n) is 1.41. The zero-order chi connectivity index (χ0) is 11.5. The van der Waals surface area contributed by atoms with Crippen molar-refractivity contribution in [2.45, 2.75) is 58.8 Å². The van der Waals surface area contributed by atoms with E-state index in [1.54, 1.807) is 0 Å². The molecule has 0 saturated heterocycles. The Kier molecular flexibility index (Phi) is 8.82. The van der Waals surface area contributed by atoms with E-state index in [1.165, 1.54) is 19.3 Å². The van der Waals surface area contributed by atoms with Crippen LogP contribution in [0.2, 0.25) is 0 Å². The highest BCUT2D eigenvalue weighted by Crippen LogP contribution is 2.06. The molecule has 0 aliphatic heterocycles. The summed E-state index contributed by atoms with van der Waals surface area (Å²) in [6.45, 7) is 4.25. The van der Waals surface area contributed by atoms with Crippen LogP contribution in [0.1, 0.15) is 58.8 Å². The van der Waals surface area contributed by atoms with Crippen LogP contribution in [-0.4, -0.2) is 16.9 Å². The molecule has 0 heterocycles. The number of carbonyl (C=O) groups is 1. The van der Waals surface area contributed by atoms with Gasteiger partial charge in [-0.25, -0.2) is 10.2 Å². The highest BCUT2D eigenvalue weighted by atomic mass is 16.4. The number of carboxylic acid groups (broad SMARTS) is 1. The zero-order valence-electron chi connectivity index (χ0n) is 9.75. The molecule has 0 aromatic heterocycles. The van der Waals surface area contributed by atoms with E-state index in [0.717, 1.165) is 31.4 Å². The Morgan fingerprint density at radius 3 is 2.40 bits per heavy atom. The number of nitrogens with one attached hydrogen (secondary N) is 1. The van der Waals surface area contributed by atoms with Crippen LogP contribution in [0.4, 0.5) is 4.79 Å². The first-order valence-electron chi connectivity index (χ1n) is 5.75. The molecule has 15 heavy (non-hydrogen) atoms. The van der Waals surface area contributed by atoms with E-state index >= 15 is 0 Å². The molecule has 4 nitrogen and oxygen atoms in total. The predicted molar refractivity (Wildman–Crippen MR) is 62.3 cm³/mol. The normalized spacial score (nSPS) is 11.5. The number of hydrazone groups is 1. The predicted octanol–water partition coefficient (Wildman–Crippen LogP) is 3.38. The number of hydrogen-bond donors (Lipinski definition) is 2. The lowest BCUT2D eigenvalue weighted by molar-refractivity contribution is 0.195. The third-order valence-corrected chi connectivity index (χ3v) is 2.17. The standard InChI is InChI=1S/C11H22N2O2/c1-3-5-6-7-9-10(8-4-2)12-13-11(14)15/h13H,3-9H2,1-2H3,(H,14,15). The van der Waals surface area contributed by atoms with Gasteiger partial charge in [0.25, 0.3) is 0 Å². The Balaban J connectivity index is 3.81. The van der Waals surface area contributed by atoms with Crippen molar-refractivity contribution in [2.75, 3.05) is 0 Å². The molecule has 1 amide bonds. The molecule has 88 valence electrons. The number of amides is 1. The van der Waals surface area contributed by atoms with Gasteiger partial charge in [-0.2, -0.15) is 5.10 Å². The van der Waals surface area contributed by atoms with Crippen molar-refractivity contribution in [3.63, 3.8) is 0 Å². The maximum atomic E-state index is 10.3. The second-order valence-electron chi connectivity index (χ2n) is 3.66. The van der Waals surface area contributed by atoms with E-state index in [2.05, 4.69) is 24.4 Å². The first-order chi connectivity index (χ1) is 7.20. The molecule has 0 unspecified atom stereocenters. The van der Waals surface area contributed by atoms with Crippen molar-refractivity contribution >= 4 is 11.8 Å². The fraction of sp³-hybridized carbons (Fsp3) is 0.818. The molecule has 0 aromatic rings. The van der Waals surface area contributed by atoms with E-state index in [-0.39, 0.29) is 0 Å². The third kappa shape index (κ3) is 9.25. The van der Waals surface area contributed by atoms with Crippen molar-refractivity contribution in [1.82, 2.24) is 5.43 Å². The molecular formula is C11H22N2O2. The molecule has 0 atom stereocenters. The SMILES string of the molecule is CCCCCCC(CCC)=NNC(=O)O. The molecule has 0 bridgehead atoms. The topological polar surface area (TPSA) is 61.7 Å². The lowest BCUT2D eigenvalue weighted by Gasteiger charge is -2.04. The average molecular weight is 214 g/mol. The van der Waals surface area contributed by atoms with Crippen molar-refractivity contribution in [2.24, 2.45) is 5.10 Å². The van der Waals surface area contributed by atoms with E-state index < -0.39 is 6.09 Å². The number of nitrogens with zero attached hydrogens (tertiary/aromatic N) is 1. The Hall–Kier alpha value is -1.06. The first kappa shape index (κ1) is 13.9. The summed E-state index contributed by atoms with van der Waals surface area (Å²) in [7, 11) is 0. The van der Waals surface area contributed by atoms with Crippen LogP contribution in [-0.2, 0) is 0 Å². The Morgan fingerprint density at radius 1 is 1.13 bits per heavy atom. The van der Waals surface area contributed by atoms with Crippen LogP contribution in [0.5, 0.6) is 0 Å². The summed E-state index contributed by atoms with van der Waals surface area (Å²) in [5, 5.41) is 12.3. The average Bonchev–Trinajstić information content (AvgIpc) is 2.20. The minimum Gasteiger partial charge on any atom is -0.464 e. The van der Waals surface area contributed by atoms with Crippen molar-refractivity contribution in [1.29, 1.82) is 0 Å². The van der Waals surface area contributed by atoms with Gasteiger partial charge in [0.15, 0.2) is 0 Å². The second kappa shape index (κ2) is 9.49. The van der Waals surface area contributed by atoms with Gasteiger partial charge < -0.3 is 5.11 Å². The largest absolute Gasteiger partial charge is 0.464 e. The Morgan fingerprint density at radius 2 is 1.87 bits per heavy atom. The molecule has 0 rings (SSSR count). The maximum Gasteiger partial charge on any atom is 0.425 e. The van der Waals surface area contributed by atoms with Crippen LogP contribution >= 0.6 is 0 Å². The molecule has 0 radical (unpaired) electrons. The minimum atomic E-state index is -1.09. The number of rotatable bonds is 8. The molecule has 0 fully saturated rings. The molecule has 0 aliphatic rings. The molecule has 0 saturated carbocycles. The molecule has 0 aromatic carbocycles. The van der Waals surface area contributed by atoms with Gasteiger partial charge >= 0.3 is 6.09 Å². The Labute approximate surface area is 91.8 Å². The molecule has 2 N–H and O–H groups in total. The van der Waals surface area contributed by atoms with Crippen molar-refractivity contribution in [3.05, 3.63) is 0 Å². The molecule has 4 heteroatoms. The van der Waals surface area contributed by atoms with Crippen LogP contribution < -0.4 is 5.43 Å². The van der Waals surface area contributed by atoms with E-state index in [0.29, 0.717) is 0 Å². The summed E-state index contributed by atoms with van der Waals surface area (Å²) < 4.78 is 0. The molecule has 0 aliphatic carbocycles. The summed E-state index contributed by atoms with van der Waals surface area (Å²) in [5.41, 5.74) is 3.04. The van der Waals surface area contributed by atoms with E-state index in [9.17, 15) is 4.79 Å². The lowest BCUT2D eigenvalue weighted by Crippen LogP contribution is -2.16. The summed E-state index contributed by atoms with van der Waals surface area (Å²) in [4.78, 5) is 10.3. The summed E-state index contributed by atoms with van der Waals surface area (Å²) in [5.74, 6) is 0. The van der Waals surface area contributed by atoms with Gasteiger partial charge in [-0.15, -0.1) is 0 Å². The van der Waals surface area contributed by atoms with Crippen molar-refractivity contribution < 1.29 is 9.90 Å². The van der Waals surface area contributed by atoms with E-state index in [4.69, 9.17) is 5.11 Å². The lowest BCUT2D eigenvalue weighted by atomic mass is 10.1. The van der Waals surface area contributed by atoms with Crippen molar-refractivity contribution in [3.8, 4) is 0 Å². The van der Waals surface area contributed by atoms with Crippen LogP contribution in [0.15, 0.2) is 5.10 Å². The van der Waals surface area contributed by atoms with Gasteiger partial charge in [-0.1, -0.05) is 39.5 Å². The number of unbranched alkanes of at least 4 members (excludes halogenated alkanes) is 3. The van der Waals surface area contributed by atoms with Gasteiger partial charge in [-0.05, 0) is 19.3 Å². The number of hydrogen-bond acceptors (Lipinski definition) is 2. The summed E-state index contributed by atoms with van der Waals surface area (Å²) in [6, 6.07) is 0. The highest BCUT2D eigenvalue weighted by molar-refractivity contribution is 5.85. The fourth-order valence-corrected chi connectivity index (χ4v) is 1.41. The van der Waals surface area contributed by atoms with Gasteiger partial charge in [0, 0.05) is 5.71 Å². The highest BCUT2D eigenvalue weighted by Gasteiger charge is 2.00. The van der Waals surface area contributed by atoms with Crippen LogP contribution in [0.3, 0.4) is 0 Å². The van der Waals surface area contributed by atoms with Crippen LogP contribution in [0, 0.1) is 0 Å². The molecule has 0 spiro atoms. The quantitative estimate of drug-likeness (QED) is 0.369. The zero-order valence-corrected chi connectivity index (χ0v) is 9.75. The first-order valence-corrected chi connectivity index (χ1v) is 5.75. The van der Waals surface area contributed by atoms with Gasteiger partial charge in [-0.3, -0.25) is 0 Å². The van der Waals surface area contributed by atoms with Gasteiger partial charge in [0.2, 0.25) is 0 Å². The maximum absolute atomic E-state index is 10.3. The Bertz CT molecular complexity index is 203. The minimum absolute atomic E-state index is 0.881. The second-order valence-corrected chi connectivity index (χ2v) is 3.66. The van der Waals surface area contributed by atoms with Gasteiger partial charge in [0.1, 0.15) is 0 Å². The summed E-state index contributed by atoms with van der Waals surface area (Å²) >= 11 is 0. The van der Waals surface area contributed by atoms with Crippen LogP contribution in [0.25, 0.3) is 0 Å². The summed E-state index contributed by atoms with van der Waals surface area (Å²) in [6.07, 6.45) is 6.48. The monoisotopic (exact) mass is 214 g/mol. The van der Waals surface area contributed by atoms with E-state index in [1.807, 2.05) is 0 Å². The third-order valence-electron chi connectivity index (χ3n) is 2.17. The van der Waals surface area contributed by atoms with Gasteiger partial charge in [0.05, 0.1) is 0 Å². The molecular weight excluding hydrogens is 192 g/mol. The smallest absolute Gasteiger partial charge is 0.425 e.